The summed E-state index contributed by atoms with van der Waals surface area (Å²) in [6.07, 6.45) is 0. The van der Waals surface area contributed by atoms with Crippen LogP contribution in [0.25, 0.3) is 0 Å². The number of fused-ring (bicyclic) bond motifs is 1. The van der Waals surface area contributed by atoms with Crippen LogP contribution >= 0.6 is 0 Å². The van der Waals surface area contributed by atoms with Gasteiger partial charge in [-0.25, -0.2) is 8.42 Å². The van der Waals surface area contributed by atoms with Gasteiger partial charge in [-0.3, -0.25) is 4.79 Å². The van der Waals surface area contributed by atoms with Gasteiger partial charge >= 0.3 is 13.1 Å². The molecule has 0 aliphatic carbocycles. The molecule has 1 aliphatic rings. The first-order valence-electron chi connectivity index (χ1n) is 6.46. The number of nitrogens with zero attached hydrogens (tertiary/aromatic N) is 1. The predicted octanol–water partition coefficient (Wildman–Crippen LogP) is -1.18. The lowest BCUT2D eigenvalue weighted by molar-refractivity contribution is -0.147. The molecule has 0 saturated carbocycles. The standard InChI is InChI=1S/C12H16BNO6S/c1-3-20-12(15)8(2)14-7-9-4-5-10(13(16)17)6-11(9)21(14,18)19/h4-6,8,16-17H,3,7H2,1-2H3/t8-/m1/s1. The molecule has 1 aliphatic heterocycles. The van der Waals surface area contributed by atoms with Crippen molar-refractivity contribution in [1.82, 2.24) is 4.31 Å². The van der Waals surface area contributed by atoms with Crippen LogP contribution in [-0.2, 0) is 26.1 Å². The molecule has 1 aromatic carbocycles. The van der Waals surface area contributed by atoms with Gasteiger partial charge < -0.3 is 14.8 Å². The molecule has 0 unspecified atom stereocenters. The number of esters is 1. The molecule has 2 N–H and O–H groups in total. The fourth-order valence-corrected chi connectivity index (χ4v) is 4.02. The molecule has 0 bridgehead atoms. The molecule has 1 atom stereocenters. The Morgan fingerprint density at radius 2 is 2.14 bits per heavy atom. The fraction of sp³-hybridized carbons (Fsp3) is 0.417. The molecule has 0 aromatic heterocycles. The van der Waals surface area contributed by atoms with Gasteiger partial charge in [-0.15, -0.1) is 0 Å². The van der Waals surface area contributed by atoms with E-state index in [-0.39, 0.29) is 23.5 Å². The molecule has 0 amide bonds. The normalized spacial score (nSPS) is 18.1. The van der Waals surface area contributed by atoms with Crippen LogP contribution in [0.15, 0.2) is 23.1 Å². The Balaban J connectivity index is 2.37. The molecule has 0 radical (unpaired) electrons. The van der Waals surface area contributed by atoms with E-state index >= 15 is 0 Å². The van der Waals surface area contributed by atoms with Crippen LogP contribution in [0.3, 0.4) is 0 Å². The van der Waals surface area contributed by atoms with Gasteiger partial charge in [-0.05, 0) is 30.9 Å². The molecular formula is C12H16BNO6S. The smallest absolute Gasteiger partial charge is 0.465 e. The second-order valence-electron chi connectivity index (χ2n) is 4.72. The molecule has 1 aromatic rings. The van der Waals surface area contributed by atoms with Crippen LogP contribution in [-0.4, -0.2) is 48.5 Å². The number of rotatable bonds is 4. The highest BCUT2D eigenvalue weighted by Crippen LogP contribution is 2.31. The summed E-state index contributed by atoms with van der Waals surface area (Å²) >= 11 is 0. The molecule has 7 nitrogen and oxygen atoms in total. The van der Waals surface area contributed by atoms with Gasteiger partial charge in [-0.1, -0.05) is 12.1 Å². The van der Waals surface area contributed by atoms with E-state index in [0.717, 1.165) is 4.31 Å². The summed E-state index contributed by atoms with van der Waals surface area (Å²) in [6.45, 7) is 3.33. The topological polar surface area (TPSA) is 104 Å². The Bertz CT molecular complexity index is 660. The van der Waals surface area contributed by atoms with Crippen molar-refractivity contribution >= 4 is 28.6 Å². The molecule has 9 heteroatoms. The Hall–Kier alpha value is -1.42. The summed E-state index contributed by atoms with van der Waals surface area (Å²) < 4.78 is 30.8. The second kappa shape index (κ2) is 5.76. The first-order chi connectivity index (χ1) is 9.78. The van der Waals surface area contributed by atoms with Crippen LogP contribution in [0.4, 0.5) is 0 Å². The minimum atomic E-state index is -3.85. The van der Waals surface area contributed by atoms with Gasteiger partial charge in [0.25, 0.3) is 0 Å². The lowest BCUT2D eigenvalue weighted by atomic mass is 9.80. The quantitative estimate of drug-likeness (QED) is 0.536. The number of hydrogen-bond donors (Lipinski definition) is 2. The van der Waals surface area contributed by atoms with E-state index in [1.165, 1.54) is 25.1 Å². The lowest BCUT2D eigenvalue weighted by Gasteiger charge is -2.20. The maximum atomic E-state index is 12.5. The van der Waals surface area contributed by atoms with Crippen LogP contribution in [0.1, 0.15) is 19.4 Å². The largest absolute Gasteiger partial charge is 0.488 e. The van der Waals surface area contributed by atoms with Crippen molar-refractivity contribution in [3.8, 4) is 0 Å². The van der Waals surface area contributed by atoms with Gasteiger partial charge in [-0.2, -0.15) is 4.31 Å². The highest BCUT2D eigenvalue weighted by atomic mass is 32.2. The van der Waals surface area contributed by atoms with E-state index in [0.29, 0.717) is 5.56 Å². The van der Waals surface area contributed by atoms with Gasteiger partial charge in [0.05, 0.1) is 11.5 Å². The highest BCUT2D eigenvalue weighted by Gasteiger charge is 2.41. The third kappa shape index (κ3) is 2.82. The Kier molecular flexibility index (Phi) is 4.38. The van der Waals surface area contributed by atoms with Crippen molar-refractivity contribution in [2.75, 3.05) is 6.61 Å². The lowest BCUT2D eigenvalue weighted by Crippen LogP contribution is -2.40. The molecule has 21 heavy (non-hydrogen) atoms. The van der Waals surface area contributed by atoms with Crippen LogP contribution in [0, 0.1) is 0 Å². The van der Waals surface area contributed by atoms with E-state index < -0.39 is 29.2 Å². The number of carbonyl (C=O) groups excluding carboxylic acids is 1. The fourth-order valence-electron chi connectivity index (χ4n) is 2.21. The summed E-state index contributed by atoms with van der Waals surface area (Å²) in [4.78, 5) is 11.7. The number of sulfonamides is 1. The van der Waals surface area contributed by atoms with Crippen LogP contribution < -0.4 is 5.46 Å². The van der Waals surface area contributed by atoms with Gasteiger partial charge in [0.1, 0.15) is 6.04 Å². The zero-order valence-corrected chi connectivity index (χ0v) is 12.5. The number of hydrogen-bond acceptors (Lipinski definition) is 6. The molecule has 0 spiro atoms. The van der Waals surface area contributed by atoms with Crippen molar-refractivity contribution in [2.24, 2.45) is 0 Å². The van der Waals surface area contributed by atoms with E-state index in [4.69, 9.17) is 14.8 Å². The Morgan fingerprint density at radius 3 is 2.71 bits per heavy atom. The van der Waals surface area contributed by atoms with Crippen molar-refractivity contribution in [3.05, 3.63) is 23.8 Å². The average Bonchev–Trinajstić information content (AvgIpc) is 2.69. The Morgan fingerprint density at radius 1 is 1.48 bits per heavy atom. The molecule has 1 heterocycles. The minimum Gasteiger partial charge on any atom is -0.465 e. The number of carbonyl (C=O) groups is 1. The third-order valence-electron chi connectivity index (χ3n) is 3.36. The van der Waals surface area contributed by atoms with Crippen molar-refractivity contribution < 1.29 is 28.0 Å². The summed E-state index contributed by atoms with van der Waals surface area (Å²) in [5, 5.41) is 18.3. The minimum absolute atomic E-state index is 0.00996. The highest BCUT2D eigenvalue weighted by molar-refractivity contribution is 7.89. The van der Waals surface area contributed by atoms with Gasteiger partial charge in [0.15, 0.2) is 0 Å². The van der Waals surface area contributed by atoms with Crippen LogP contribution in [0.2, 0.25) is 0 Å². The predicted molar refractivity (Wildman–Crippen MR) is 75.1 cm³/mol. The monoisotopic (exact) mass is 313 g/mol. The molecule has 0 saturated heterocycles. The third-order valence-corrected chi connectivity index (χ3v) is 5.36. The SMILES string of the molecule is CCOC(=O)[C@@H](C)N1Cc2ccc(B(O)O)cc2S1(=O)=O. The molecule has 0 fully saturated rings. The Labute approximate surface area is 123 Å². The van der Waals surface area contributed by atoms with E-state index in [1.54, 1.807) is 6.92 Å². The van der Waals surface area contributed by atoms with Crippen molar-refractivity contribution in [1.29, 1.82) is 0 Å². The average molecular weight is 313 g/mol. The van der Waals surface area contributed by atoms with Crippen molar-refractivity contribution in [2.45, 2.75) is 31.3 Å². The first-order valence-corrected chi connectivity index (χ1v) is 7.90. The summed E-state index contributed by atoms with van der Waals surface area (Å²) in [7, 11) is -5.60. The zero-order valence-electron chi connectivity index (χ0n) is 11.7. The van der Waals surface area contributed by atoms with E-state index in [2.05, 4.69) is 0 Å². The van der Waals surface area contributed by atoms with Crippen LogP contribution in [0.5, 0.6) is 0 Å². The number of benzene rings is 1. The van der Waals surface area contributed by atoms with Crippen molar-refractivity contribution in [3.63, 3.8) is 0 Å². The first kappa shape index (κ1) is 16.0. The molecule has 2 rings (SSSR count). The van der Waals surface area contributed by atoms with Gasteiger partial charge in [0.2, 0.25) is 10.0 Å². The maximum absolute atomic E-state index is 12.5. The second-order valence-corrected chi connectivity index (χ2v) is 6.58. The zero-order chi connectivity index (χ0) is 15.8. The summed E-state index contributed by atoms with van der Waals surface area (Å²) in [6, 6.07) is 3.23. The molecular weight excluding hydrogens is 297 g/mol. The van der Waals surface area contributed by atoms with Gasteiger partial charge in [0, 0.05) is 6.54 Å². The number of ether oxygens (including phenoxy) is 1. The summed E-state index contributed by atoms with van der Waals surface area (Å²) in [5.41, 5.74) is 0.596. The maximum Gasteiger partial charge on any atom is 0.488 e. The summed E-state index contributed by atoms with van der Waals surface area (Å²) in [5.74, 6) is -0.615. The molecule has 114 valence electrons. The van der Waals surface area contributed by atoms with E-state index in [1.807, 2.05) is 0 Å². The van der Waals surface area contributed by atoms with E-state index in [9.17, 15) is 13.2 Å².